The first-order valence-corrected chi connectivity index (χ1v) is 9.71. The number of benzene rings is 2. The molecule has 4 rings (SSSR count). The van der Waals surface area contributed by atoms with Crippen LogP contribution in [0.15, 0.2) is 59.5 Å². The van der Waals surface area contributed by atoms with Crippen LogP contribution < -0.4 is 10.5 Å². The van der Waals surface area contributed by atoms with E-state index >= 15 is 0 Å². The van der Waals surface area contributed by atoms with E-state index in [-0.39, 0.29) is 18.0 Å². The van der Waals surface area contributed by atoms with Crippen LogP contribution in [0.4, 0.5) is 0 Å². The number of nitrogens with one attached hydrogen (secondary N) is 1. The molecule has 1 fully saturated rings. The Morgan fingerprint density at radius 2 is 1.89 bits per heavy atom. The van der Waals surface area contributed by atoms with E-state index in [2.05, 4.69) is 36.2 Å². The van der Waals surface area contributed by atoms with Crippen molar-refractivity contribution in [2.45, 2.75) is 20.0 Å². The quantitative estimate of drug-likeness (QED) is 0.726. The number of hydrogen-bond acceptors (Lipinski definition) is 3. The fourth-order valence-electron chi connectivity index (χ4n) is 3.87. The highest BCUT2D eigenvalue weighted by molar-refractivity contribution is 5.80. The highest BCUT2D eigenvalue weighted by atomic mass is 16.2. The largest absolute Gasteiger partial charge is 0.330 e. The monoisotopic (exact) mass is 377 g/mol. The molecule has 1 N–H and O–H groups in total. The lowest BCUT2D eigenvalue weighted by molar-refractivity contribution is -0.917. The molecule has 6 heteroatoms. The number of nitrogens with zero attached hydrogens (tertiary/aromatic N) is 3. The van der Waals surface area contributed by atoms with Crippen LogP contribution in [-0.4, -0.2) is 46.5 Å². The highest BCUT2D eigenvalue weighted by Gasteiger charge is 2.24. The normalized spacial score (nSPS) is 15.1. The number of quaternary nitrogens is 1. The van der Waals surface area contributed by atoms with Gasteiger partial charge in [0.15, 0.2) is 0 Å². The summed E-state index contributed by atoms with van der Waals surface area (Å²) in [5, 5.41) is 0. The van der Waals surface area contributed by atoms with Crippen molar-refractivity contribution < 1.29 is 9.69 Å². The molecule has 0 atom stereocenters. The standard InChI is InChI=1S/C22H24N4O2/c1-17-5-4-6-18(13-17)15-24-9-11-25(12-10-24)22(28)16-26-20-8-3-2-7-19(20)23-14-21(26)27/h2-8,13-14H,9-12,15-16H2,1H3/p+1. The molecule has 0 saturated carbocycles. The molecule has 1 aromatic heterocycles. The van der Waals surface area contributed by atoms with Crippen molar-refractivity contribution in [1.82, 2.24) is 14.5 Å². The fraction of sp³-hybridized carbons (Fsp3) is 0.318. The van der Waals surface area contributed by atoms with E-state index in [1.807, 2.05) is 29.2 Å². The maximum atomic E-state index is 12.8. The molecule has 3 aromatic rings. The van der Waals surface area contributed by atoms with E-state index in [0.29, 0.717) is 5.52 Å². The third-order valence-corrected chi connectivity index (χ3v) is 5.41. The van der Waals surface area contributed by atoms with E-state index in [0.717, 1.165) is 38.2 Å². The van der Waals surface area contributed by atoms with Gasteiger partial charge in [-0.05, 0) is 19.1 Å². The van der Waals surface area contributed by atoms with Gasteiger partial charge in [-0.1, -0.05) is 42.0 Å². The van der Waals surface area contributed by atoms with Crippen molar-refractivity contribution >= 4 is 16.9 Å². The van der Waals surface area contributed by atoms with Crippen LogP contribution in [-0.2, 0) is 17.9 Å². The SMILES string of the molecule is Cc1cccc(C[NH+]2CCN(C(=O)Cn3c(=O)cnc4ccccc43)CC2)c1. The van der Waals surface area contributed by atoms with Gasteiger partial charge in [-0.25, -0.2) is 4.98 Å². The number of carbonyl (C=O) groups is 1. The Balaban J connectivity index is 1.40. The number of fused-ring (bicyclic) bond motifs is 1. The number of carbonyl (C=O) groups excluding carboxylic acids is 1. The number of piperazine rings is 1. The molecule has 0 spiro atoms. The third-order valence-electron chi connectivity index (χ3n) is 5.41. The average Bonchev–Trinajstić information content (AvgIpc) is 2.71. The molecule has 6 nitrogen and oxygen atoms in total. The fourth-order valence-corrected chi connectivity index (χ4v) is 3.87. The first-order valence-electron chi connectivity index (χ1n) is 9.71. The first kappa shape index (κ1) is 18.4. The van der Waals surface area contributed by atoms with E-state index in [9.17, 15) is 9.59 Å². The van der Waals surface area contributed by atoms with Gasteiger partial charge in [-0.15, -0.1) is 0 Å². The number of amides is 1. The van der Waals surface area contributed by atoms with Crippen LogP contribution in [0.3, 0.4) is 0 Å². The second-order valence-corrected chi connectivity index (χ2v) is 7.47. The second kappa shape index (κ2) is 7.94. The van der Waals surface area contributed by atoms with Crippen LogP contribution in [0.1, 0.15) is 11.1 Å². The molecule has 2 heterocycles. The number of aromatic nitrogens is 2. The van der Waals surface area contributed by atoms with Crippen LogP contribution in [0.5, 0.6) is 0 Å². The van der Waals surface area contributed by atoms with E-state index in [1.54, 1.807) is 0 Å². The maximum Gasteiger partial charge on any atom is 0.269 e. The number of aryl methyl sites for hydroxylation is 1. The van der Waals surface area contributed by atoms with Crippen molar-refractivity contribution in [1.29, 1.82) is 0 Å². The summed E-state index contributed by atoms with van der Waals surface area (Å²) in [6.07, 6.45) is 1.29. The molecule has 0 aliphatic carbocycles. The van der Waals surface area contributed by atoms with Gasteiger partial charge in [0.05, 0.1) is 43.4 Å². The van der Waals surface area contributed by atoms with Crippen LogP contribution in [0, 0.1) is 6.92 Å². The Kier molecular flexibility index (Phi) is 5.21. The Morgan fingerprint density at radius 1 is 1.11 bits per heavy atom. The van der Waals surface area contributed by atoms with E-state index < -0.39 is 0 Å². The van der Waals surface area contributed by atoms with Crippen molar-refractivity contribution in [2.24, 2.45) is 0 Å². The second-order valence-electron chi connectivity index (χ2n) is 7.47. The lowest BCUT2D eigenvalue weighted by atomic mass is 10.1. The van der Waals surface area contributed by atoms with Crippen molar-refractivity contribution in [3.8, 4) is 0 Å². The minimum atomic E-state index is -0.240. The highest BCUT2D eigenvalue weighted by Crippen LogP contribution is 2.09. The number of rotatable bonds is 4. The minimum Gasteiger partial charge on any atom is -0.330 e. The smallest absolute Gasteiger partial charge is 0.269 e. The Bertz CT molecular complexity index is 1050. The van der Waals surface area contributed by atoms with Gasteiger partial charge in [0.25, 0.3) is 5.56 Å². The Morgan fingerprint density at radius 3 is 2.68 bits per heavy atom. The van der Waals surface area contributed by atoms with Crippen LogP contribution >= 0.6 is 0 Å². The molecule has 1 aliphatic rings. The number of hydrogen-bond donors (Lipinski definition) is 1. The van der Waals surface area contributed by atoms with Gasteiger partial charge >= 0.3 is 0 Å². The summed E-state index contributed by atoms with van der Waals surface area (Å²) in [4.78, 5) is 32.6. The van der Waals surface area contributed by atoms with Crippen molar-refractivity contribution in [2.75, 3.05) is 26.2 Å². The average molecular weight is 377 g/mol. The molecular weight excluding hydrogens is 352 g/mol. The van der Waals surface area contributed by atoms with E-state index in [1.165, 1.54) is 26.8 Å². The Hall–Kier alpha value is -2.99. The zero-order valence-corrected chi connectivity index (χ0v) is 16.1. The predicted molar refractivity (Wildman–Crippen MR) is 108 cm³/mol. The van der Waals surface area contributed by atoms with Crippen LogP contribution in [0.25, 0.3) is 11.0 Å². The first-order chi connectivity index (χ1) is 13.6. The summed E-state index contributed by atoms with van der Waals surface area (Å²) in [6, 6.07) is 16.0. The van der Waals surface area contributed by atoms with Gasteiger partial charge in [-0.2, -0.15) is 0 Å². The summed E-state index contributed by atoms with van der Waals surface area (Å²) < 4.78 is 1.52. The van der Waals surface area contributed by atoms with E-state index in [4.69, 9.17) is 0 Å². The summed E-state index contributed by atoms with van der Waals surface area (Å²) in [5.41, 5.74) is 3.80. The molecule has 0 bridgehead atoms. The van der Waals surface area contributed by atoms with Gasteiger partial charge in [0.1, 0.15) is 13.1 Å². The maximum absolute atomic E-state index is 12.8. The summed E-state index contributed by atoms with van der Waals surface area (Å²) in [7, 11) is 0. The molecular formula is C22H25N4O2+. The third kappa shape index (κ3) is 3.97. The van der Waals surface area contributed by atoms with Gasteiger partial charge in [-0.3, -0.25) is 14.2 Å². The van der Waals surface area contributed by atoms with Crippen molar-refractivity contribution in [3.63, 3.8) is 0 Å². The molecule has 1 amide bonds. The zero-order valence-electron chi connectivity index (χ0n) is 16.1. The van der Waals surface area contributed by atoms with Gasteiger partial charge in [0.2, 0.25) is 5.91 Å². The van der Waals surface area contributed by atoms with Gasteiger partial charge < -0.3 is 9.80 Å². The molecule has 0 radical (unpaired) electrons. The number of para-hydroxylation sites is 2. The predicted octanol–water partition coefficient (Wildman–Crippen LogP) is 0.632. The van der Waals surface area contributed by atoms with Crippen molar-refractivity contribution in [3.05, 3.63) is 76.2 Å². The summed E-state index contributed by atoms with van der Waals surface area (Å²) in [6.45, 7) is 6.44. The molecule has 28 heavy (non-hydrogen) atoms. The van der Waals surface area contributed by atoms with Gasteiger partial charge in [0, 0.05) is 5.56 Å². The molecule has 1 aliphatic heterocycles. The lowest BCUT2D eigenvalue weighted by Crippen LogP contribution is -3.13. The van der Waals surface area contributed by atoms with Crippen LogP contribution in [0.2, 0.25) is 0 Å². The zero-order chi connectivity index (χ0) is 19.5. The lowest BCUT2D eigenvalue weighted by Gasteiger charge is -2.32. The Labute approximate surface area is 164 Å². The summed E-state index contributed by atoms with van der Waals surface area (Å²) >= 11 is 0. The minimum absolute atomic E-state index is 0.00643. The topological polar surface area (TPSA) is 59.6 Å². The molecule has 144 valence electrons. The molecule has 1 saturated heterocycles. The molecule has 2 aromatic carbocycles. The molecule has 0 unspecified atom stereocenters. The summed E-state index contributed by atoms with van der Waals surface area (Å²) in [5.74, 6) is -0.00643.